The molecule has 3 rings (SSSR count). The van der Waals surface area contributed by atoms with E-state index in [0.717, 1.165) is 22.4 Å². The summed E-state index contributed by atoms with van der Waals surface area (Å²) in [7, 11) is 3.12. The number of hydrogen-bond acceptors (Lipinski definition) is 7. The zero-order valence-electron chi connectivity index (χ0n) is 19.2. The summed E-state index contributed by atoms with van der Waals surface area (Å²) in [6.45, 7) is 5.47. The molecule has 0 radical (unpaired) electrons. The fourth-order valence-electron chi connectivity index (χ4n) is 3.16. The van der Waals surface area contributed by atoms with Crippen LogP contribution in [-0.4, -0.2) is 31.1 Å². The first-order valence-electron chi connectivity index (χ1n) is 10.2. The molecule has 172 valence electrons. The summed E-state index contributed by atoms with van der Waals surface area (Å²) < 4.78 is 15.8. The van der Waals surface area contributed by atoms with Crippen molar-refractivity contribution in [1.29, 1.82) is 0 Å². The number of benzene rings is 2. The van der Waals surface area contributed by atoms with Gasteiger partial charge >= 0.3 is 5.97 Å². The molecule has 3 aromatic rings. The zero-order chi connectivity index (χ0) is 24.0. The lowest BCUT2D eigenvalue weighted by molar-refractivity contribution is -0.139. The van der Waals surface area contributed by atoms with Gasteiger partial charge in [-0.3, -0.25) is 9.69 Å². The molecule has 0 atom stereocenters. The monoisotopic (exact) mass is 466 g/mol. The van der Waals surface area contributed by atoms with Crippen LogP contribution >= 0.6 is 11.3 Å². The number of anilines is 2. The highest BCUT2D eigenvalue weighted by Gasteiger charge is 2.20. The lowest BCUT2D eigenvalue weighted by Gasteiger charge is -2.21. The molecule has 0 saturated heterocycles. The van der Waals surface area contributed by atoms with Crippen LogP contribution in [0.1, 0.15) is 29.3 Å². The van der Waals surface area contributed by atoms with Crippen molar-refractivity contribution in [1.82, 2.24) is 4.98 Å². The molecular formula is C25H26N2O5S. The molecule has 1 aromatic heterocycles. The number of carbonyl (C=O) groups excluding carboxylic acids is 2. The lowest BCUT2D eigenvalue weighted by Crippen LogP contribution is -2.23. The van der Waals surface area contributed by atoms with Gasteiger partial charge in [0.1, 0.15) is 18.1 Å². The SMILES string of the molecule is COc1ccc(/C=C/C(=O)OCc2csc(N(C(C)=O)c3cccc(C)c3C)n2)c(OC)c1. The first kappa shape index (κ1) is 24.0. The van der Waals surface area contributed by atoms with Crippen LogP contribution in [0.2, 0.25) is 0 Å². The van der Waals surface area contributed by atoms with Crippen LogP contribution in [0.25, 0.3) is 6.08 Å². The molecule has 33 heavy (non-hydrogen) atoms. The Balaban J connectivity index is 1.68. The van der Waals surface area contributed by atoms with E-state index in [-0.39, 0.29) is 12.5 Å². The number of ether oxygens (including phenoxy) is 3. The Morgan fingerprint density at radius 3 is 2.61 bits per heavy atom. The van der Waals surface area contributed by atoms with Crippen LogP contribution < -0.4 is 14.4 Å². The summed E-state index contributed by atoms with van der Waals surface area (Å²) in [5.74, 6) is 0.586. The van der Waals surface area contributed by atoms with Crippen molar-refractivity contribution in [3.8, 4) is 11.5 Å². The third-order valence-electron chi connectivity index (χ3n) is 5.06. The summed E-state index contributed by atoms with van der Waals surface area (Å²) in [6.07, 6.45) is 2.95. The summed E-state index contributed by atoms with van der Waals surface area (Å²) in [5, 5.41) is 2.31. The zero-order valence-corrected chi connectivity index (χ0v) is 20.1. The number of amides is 1. The number of nitrogens with zero attached hydrogens (tertiary/aromatic N) is 2. The van der Waals surface area contributed by atoms with Gasteiger partial charge in [-0.15, -0.1) is 11.3 Å². The van der Waals surface area contributed by atoms with Crippen LogP contribution in [0, 0.1) is 13.8 Å². The number of esters is 1. The number of methoxy groups -OCH3 is 2. The largest absolute Gasteiger partial charge is 0.497 e. The second-order valence-corrected chi connectivity index (χ2v) is 8.08. The van der Waals surface area contributed by atoms with E-state index < -0.39 is 5.97 Å². The summed E-state index contributed by atoms with van der Waals surface area (Å²) >= 11 is 1.32. The number of thiazole rings is 1. The van der Waals surface area contributed by atoms with Crippen molar-refractivity contribution in [3.63, 3.8) is 0 Å². The van der Waals surface area contributed by atoms with Gasteiger partial charge < -0.3 is 14.2 Å². The average Bonchev–Trinajstić information content (AvgIpc) is 3.27. The Bertz CT molecular complexity index is 1190. The molecule has 8 heteroatoms. The number of aryl methyl sites for hydroxylation is 1. The Kier molecular flexibility index (Phi) is 7.84. The van der Waals surface area contributed by atoms with E-state index in [9.17, 15) is 9.59 Å². The number of aromatic nitrogens is 1. The number of rotatable bonds is 8. The van der Waals surface area contributed by atoms with E-state index in [4.69, 9.17) is 14.2 Å². The number of carbonyl (C=O) groups is 2. The van der Waals surface area contributed by atoms with Crippen molar-refractivity contribution >= 4 is 40.1 Å². The first-order chi connectivity index (χ1) is 15.8. The van der Waals surface area contributed by atoms with E-state index in [1.807, 2.05) is 32.0 Å². The minimum absolute atomic E-state index is 0.00202. The standard InChI is InChI=1S/C25H26N2O5S/c1-16-7-6-8-22(17(16)2)27(18(3)28)25-26-20(15-33-25)14-32-24(29)12-10-19-9-11-21(30-4)13-23(19)31-5/h6-13,15H,14H2,1-5H3/b12-10+. The molecule has 1 heterocycles. The highest BCUT2D eigenvalue weighted by Crippen LogP contribution is 2.32. The van der Waals surface area contributed by atoms with E-state index >= 15 is 0 Å². The highest BCUT2D eigenvalue weighted by atomic mass is 32.1. The van der Waals surface area contributed by atoms with Crippen LogP contribution in [0.3, 0.4) is 0 Å². The maximum atomic E-state index is 12.4. The van der Waals surface area contributed by atoms with Gasteiger partial charge in [-0.25, -0.2) is 9.78 Å². The molecule has 7 nitrogen and oxygen atoms in total. The molecule has 0 N–H and O–H groups in total. The summed E-state index contributed by atoms with van der Waals surface area (Å²) in [5.41, 5.74) is 4.17. The molecule has 0 saturated carbocycles. The Labute approximate surface area is 197 Å². The van der Waals surface area contributed by atoms with Gasteiger partial charge in [-0.2, -0.15) is 0 Å². The van der Waals surface area contributed by atoms with Gasteiger partial charge in [0.05, 0.1) is 25.6 Å². The molecule has 2 aromatic carbocycles. The normalized spacial score (nSPS) is 10.8. The molecule has 0 unspecified atom stereocenters. The molecule has 0 bridgehead atoms. The van der Waals surface area contributed by atoms with Crippen LogP contribution in [0.15, 0.2) is 47.9 Å². The van der Waals surface area contributed by atoms with Crippen molar-refractivity contribution in [3.05, 3.63) is 70.2 Å². The second-order valence-electron chi connectivity index (χ2n) is 7.24. The van der Waals surface area contributed by atoms with Crippen LogP contribution in [0.5, 0.6) is 11.5 Å². The quantitative estimate of drug-likeness (QED) is 0.335. The molecular weight excluding hydrogens is 440 g/mol. The second kappa shape index (κ2) is 10.8. The van der Waals surface area contributed by atoms with E-state index in [2.05, 4.69) is 4.98 Å². The van der Waals surface area contributed by atoms with Crippen LogP contribution in [0.4, 0.5) is 10.8 Å². The molecule has 0 spiro atoms. The van der Waals surface area contributed by atoms with Gasteiger partial charge in [-0.05, 0) is 49.2 Å². The van der Waals surface area contributed by atoms with Gasteiger partial charge in [0.2, 0.25) is 5.91 Å². The maximum Gasteiger partial charge on any atom is 0.331 e. The van der Waals surface area contributed by atoms with Crippen molar-refractivity contribution in [2.75, 3.05) is 19.1 Å². The highest BCUT2D eigenvalue weighted by molar-refractivity contribution is 7.14. The van der Waals surface area contributed by atoms with Gasteiger partial charge in [0.25, 0.3) is 0 Å². The van der Waals surface area contributed by atoms with Crippen LogP contribution in [-0.2, 0) is 20.9 Å². The Morgan fingerprint density at radius 1 is 1.12 bits per heavy atom. The van der Waals surface area contributed by atoms with E-state index in [0.29, 0.717) is 22.3 Å². The van der Waals surface area contributed by atoms with Crippen molar-refractivity contribution < 1.29 is 23.8 Å². The third-order valence-corrected chi connectivity index (χ3v) is 5.94. The summed E-state index contributed by atoms with van der Waals surface area (Å²) in [6, 6.07) is 11.1. The fraction of sp³-hybridized carbons (Fsp3) is 0.240. The topological polar surface area (TPSA) is 78.0 Å². The predicted octanol–water partition coefficient (Wildman–Crippen LogP) is 5.22. The minimum Gasteiger partial charge on any atom is -0.497 e. The molecule has 0 aliphatic heterocycles. The maximum absolute atomic E-state index is 12.4. The van der Waals surface area contributed by atoms with Crippen molar-refractivity contribution in [2.45, 2.75) is 27.4 Å². The first-order valence-corrected chi connectivity index (χ1v) is 11.1. The van der Waals surface area contributed by atoms with Gasteiger partial charge in [0.15, 0.2) is 5.13 Å². The molecule has 1 amide bonds. The minimum atomic E-state index is -0.514. The molecule has 0 fully saturated rings. The smallest absolute Gasteiger partial charge is 0.331 e. The molecule has 0 aliphatic carbocycles. The number of hydrogen-bond donors (Lipinski definition) is 0. The van der Waals surface area contributed by atoms with Gasteiger partial charge in [0, 0.05) is 30.0 Å². The lowest BCUT2D eigenvalue weighted by atomic mass is 10.1. The Morgan fingerprint density at radius 2 is 1.91 bits per heavy atom. The Hall–Kier alpha value is -3.65. The summed E-state index contributed by atoms with van der Waals surface area (Å²) in [4.78, 5) is 30.7. The predicted molar refractivity (Wildman–Crippen MR) is 129 cm³/mol. The molecule has 0 aliphatic rings. The van der Waals surface area contributed by atoms with E-state index in [1.165, 1.54) is 24.3 Å². The average molecular weight is 467 g/mol. The van der Waals surface area contributed by atoms with E-state index in [1.54, 1.807) is 48.8 Å². The third kappa shape index (κ3) is 5.78. The van der Waals surface area contributed by atoms with Crippen molar-refractivity contribution in [2.24, 2.45) is 0 Å². The fourth-order valence-corrected chi connectivity index (χ4v) is 4.02. The van der Waals surface area contributed by atoms with Gasteiger partial charge in [-0.1, -0.05) is 12.1 Å².